The summed E-state index contributed by atoms with van der Waals surface area (Å²) in [7, 11) is 1.98. The maximum absolute atomic E-state index is 12.7. The van der Waals surface area contributed by atoms with E-state index in [2.05, 4.69) is 41.7 Å². The van der Waals surface area contributed by atoms with E-state index in [4.69, 9.17) is 4.98 Å². The standard InChI is InChI=1S/C21H31F3N4O/c1-20(2,3)18-10-15-19(28(18)4)27-16(11-25-15)14-7-5-6-13(17(12-29)26-14)8-9-21(22,23)24/h10-11,13-14,17,26,29H,5-9,12H2,1-4H3/t13-,14+,17-/m0/s1. The van der Waals surface area contributed by atoms with E-state index < -0.39 is 12.6 Å². The molecule has 5 nitrogen and oxygen atoms in total. The Labute approximate surface area is 169 Å². The van der Waals surface area contributed by atoms with Crippen LogP contribution in [0.5, 0.6) is 0 Å². The predicted molar refractivity (Wildman–Crippen MR) is 107 cm³/mol. The van der Waals surface area contributed by atoms with Crippen LogP contribution in [0.3, 0.4) is 0 Å². The van der Waals surface area contributed by atoms with Gasteiger partial charge in [-0.15, -0.1) is 0 Å². The van der Waals surface area contributed by atoms with Crippen molar-refractivity contribution in [1.82, 2.24) is 19.9 Å². The number of halogens is 3. The quantitative estimate of drug-likeness (QED) is 0.781. The molecule has 3 rings (SSSR count). The molecule has 2 aromatic heterocycles. The highest BCUT2D eigenvalue weighted by atomic mass is 19.4. The average Bonchev–Trinajstić information content (AvgIpc) is 2.84. The fourth-order valence-corrected chi connectivity index (χ4v) is 4.37. The average molecular weight is 412 g/mol. The number of hydrogen-bond donors (Lipinski definition) is 2. The van der Waals surface area contributed by atoms with Gasteiger partial charge < -0.3 is 15.0 Å². The van der Waals surface area contributed by atoms with Crippen LogP contribution in [-0.4, -0.2) is 38.5 Å². The van der Waals surface area contributed by atoms with Crippen LogP contribution in [0.1, 0.15) is 70.3 Å². The Morgan fingerprint density at radius 3 is 2.59 bits per heavy atom. The molecule has 3 atom stereocenters. The second-order valence-corrected chi connectivity index (χ2v) is 9.20. The summed E-state index contributed by atoms with van der Waals surface area (Å²) in [6.07, 6.45) is -0.987. The Hall–Kier alpha value is -1.67. The minimum atomic E-state index is -4.17. The summed E-state index contributed by atoms with van der Waals surface area (Å²) >= 11 is 0. The van der Waals surface area contributed by atoms with Gasteiger partial charge in [-0.1, -0.05) is 27.2 Å². The summed E-state index contributed by atoms with van der Waals surface area (Å²) in [5, 5.41) is 13.2. The lowest BCUT2D eigenvalue weighted by Crippen LogP contribution is -2.40. The van der Waals surface area contributed by atoms with E-state index in [9.17, 15) is 18.3 Å². The zero-order valence-corrected chi connectivity index (χ0v) is 17.6. The van der Waals surface area contributed by atoms with Gasteiger partial charge in [-0.05, 0) is 31.2 Å². The highest BCUT2D eigenvalue weighted by molar-refractivity contribution is 5.73. The maximum atomic E-state index is 12.7. The number of nitrogens with one attached hydrogen (secondary N) is 1. The third kappa shape index (κ3) is 5.09. The van der Waals surface area contributed by atoms with Crippen LogP contribution in [0.2, 0.25) is 0 Å². The molecule has 8 heteroatoms. The second kappa shape index (κ2) is 8.22. The van der Waals surface area contributed by atoms with Gasteiger partial charge in [0.2, 0.25) is 0 Å². The molecule has 0 saturated carbocycles. The number of fused-ring (bicyclic) bond motifs is 1. The Morgan fingerprint density at radius 2 is 1.97 bits per heavy atom. The van der Waals surface area contributed by atoms with Crippen LogP contribution in [0.15, 0.2) is 12.3 Å². The lowest BCUT2D eigenvalue weighted by molar-refractivity contribution is -0.138. The lowest BCUT2D eigenvalue weighted by Gasteiger charge is -2.27. The summed E-state index contributed by atoms with van der Waals surface area (Å²) in [6.45, 7) is 6.23. The molecule has 2 N–H and O–H groups in total. The molecule has 0 aliphatic carbocycles. The lowest BCUT2D eigenvalue weighted by atomic mass is 9.91. The van der Waals surface area contributed by atoms with Crippen molar-refractivity contribution in [1.29, 1.82) is 0 Å². The molecular weight excluding hydrogens is 381 g/mol. The molecule has 1 aliphatic heterocycles. The first-order chi connectivity index (χ1) is 13.5. The molecule has 3 heterocycles. The number of nitrogens with zero attached hydrogens (tertiary/aromatic N) is 3. The van der Waals surface area contributed by atoms with E-state index >= 15 is 0 Å². The summed E-state index contributed by atoms with van der Waals surface area (Å²) in [4.78, 5) is 9.42. The van der Waals surface area contributed by atoms with Crippen LogP contribution in [0, 0.1) is 5.92 Å². The molecule has 2 aromatic rings. The Balaban J connectivity index is 1.83. The number of rotatable bonds is 4. The van der Waals surface area contributed by atoms with E-state index in [1.54, 1.807) is 6.20 Å². The van der Waals surface area contributed by atoms with Crippen LogP contribution in [-0.2, 0) is 12.5 Å². The zero-order chi connectivity index (χ0) is 21.4. The molecule has 0 spiro atoms. The van der Waals surface area contributed by atoms with E-state index in [-0.39, 0.29) is 36.4 Å². The first-order valence-corrected chi connectivity index (χ1v) is 10.3. The number of hydrogen-bond acceptors (Lipinski definition) is 4. The Kier molecular flexibility index (Phi) is 6.24. The van der Waals surface area contributed by atoms with Crippen molar-refractivity contribution in [2.45, 2.75) is 76.6 Å². The van der Waals surface area contributed by atoms with Gasteiger partial charge >= 0.3 is 6.18 Å². The number of alkyl halides is 3. The van der Waals surface area contributed by atoms with Crippen molar-refractivity contribution >= 4 is 11.2 Å². The summed E-state index contributed by atoms with van der Waals surface area (Å²) < 4.78 is 40.0. The van der Waals surface area contributed by atoms with Crippen molar-refractivity contribution in [2.75, 3.05) is 6.61 Å². The van der Waals surface area contributed by atoms with E-state index in [1.165, 1.54) is 0 Å². The number of aliphatic hydroxyl groups excluding tert-OH is 1. The normalized spacial score (nSPS) is 24.1. The maximum Gasteiger partial charge on any atom is 0.389 e. The van der Waals surface area contributed by atoms with Crippen molar-refractivity contribution < 1.29 is 18.3 Å². The number of aliphatic hydroxyl groups is 1. The molecular formula is C21H31F3N4O. The highest BCUT2D eigenvalue weighted by Crippen LogP contribution is 2.33. The first kappa shape index (κ1) is 22.0. The van der Waals surface area contributed by atoms with Crippen LogP contribution in [0.4, 0.5) is 13.2 Å². The monoisotopic (exact) mass is 412 g/mol. The molecule has 1 aliphatic rings. The van der Waals surface area contributed by atoms with E-state index in [0.29, 0.717) is 6.42 Å². The minimum Gasteiger partial charge on any atom is -0.395 e. The first-order valence-electron chi connectivity index (χ1n) is 10.3. The third-order valence-electron chi connectivity index (χ3n) is 5.93. The van der Waals surface area contributed by atoms with Crippen LogP contribution < -0.4 is 5.32 Å². The van der Waals surface area contributed by atoms with Crippen molar-refractivity contribution in [3.05, 3.63) is 23.7 Å². The van der Waals surface area contributed by atoms with Gasteiger partial charge in [0.05, 0.1) is 24.5 Å². The van der Waals surface area contributed by atoms with Gasteiger partial charge in [-0.3, -0.25) is 4.98 Å². The van der Waals surface area contributed by atoms with E-state index in [0.717, 1.165) is 35.4 Å². The van der Waals surface area contributed by atoms with Crippen LogP contribution >= 0.6 is 0 Å². The van der Waals surface area contributed by atoms with Crippen molar-refractivity contribution in [3.8, 4) is 0 Å². The van der Waals surface area contributed by atoms with Gasteiger partial charge in [0, 0.05) is 30.6 Å². The predicted octanol–water partition coefficient (Wildman–Crippen LogP) is 4.40. The van der Waals surface area contributed by atoms with Gasteiger partial charge in [0.25, 0.3) is 0 Å². The largest absolute Gasteiger partial charge is 0.395 e. The number of aromatic nitrogens is 3. The minimum absolute atomic E-state index is 0.0336. The highest BCUT2D eigenvalue weighted by Gasteiger charge is 2.33. The summed E-state index contributed by atoms with van der Waals surface area (Å²) in [5.74, 6) is -0.203. The Bertz CT molecular complexity index is 841. The third-order valence-corrected chi connectivity index (χ3v) is 5.93. The molecule has 1 saturated heterocycles. The van der Waals surface area contributed by atoms with Gasteiger partial charge in [0.1, 0.15) is 5.52 Å². The van der Waals surface area contributed by atoms with E-state index in [1.807, 2.05) is 7.05 Å². The van der Waals surface area contributed by atoms with Crippen molar-refractivity contribution in [2.24, 2.45) is 13.0 Å². The molecule has 0 bridgehead atoms. The molecule has 162 valence electrons. The smallest absolute Gasteiger partial charge is 0.389 e. The SMILES string of the molecule is Cn1c(C(C)(C)C)cc2ncc([C@H]3CCC[C@@H](CCC(F)(F)F)[C@H](CO)N3)nc21. The van der Waals surface area contributed by atoms with Crippen LogP contribution in [0.25, 0.3) is 11.2 Å². The zero-order valence-electron chi connectivity index (χ0n) is 17.6. The molecule has 0 unspecified atom stereocenters. The van der Waals surface area contributed by atoms with Gasteiger partial charge in [0.15, 0.2) is 5.65 Å². The molecule has 1 fully saturated rings. The summed E-state index contributed by atoms with van der Waals surface area (Å²) in [6, 6.07) is 1.55. The molecule has 0 aromatic carbocycles. The molecule has 0 radical (unpaired) electrons. The Morgan fingerprint density at radius 1 is 1.24 bits per heavy atom. The number of aryl methyl sites for hydroxylation is 1. The topological polar surface area (TPSA) is 63.0 Å². The van der Waals surface area contributed by atoms with Gasteiger partial charge in [-0.25, -0.2) is 4.98 Å². The fraction of sp³-hybridized carbons (Fsp3) is 0.714. The second-order valence-electron chi connectivity index (χ2n) is 9.20. The molecule has 0 amide bonds. The van der Waals surface area contributed by atoms with Crippen molar-refractivity contribution in [3.63, 3.8) is 0 Å². The fourth-order valence-electron chi connectivity index (χ4n) is 4.37. The summed E-state index contributed by atoms with van der Waals surface area (Å²) in [5.41, 5.74) is 3.50. The van der Waals surface area contributed by atoms with Gasteiger partial charge in [-0.2, -0.15) is 13.2 Å². The molecule has 29 heavy (non-hydrogen) atoms.